The molecule has 0 unspecified atom stereocenters. The van der Waals surface area contributed by atoms with Crippen LogP contribution in [0.2, 0.25) is 0 Å². The molecule has 0 atom stereocenters. The first-order chi connectivity index (χ1) is 14.3. The Bertz CT molecular complexity index is 890. The molecule has 0 aliphatic rings. The van der Waals surface area contributed by atoms with E-state index in [9.17, 15) is 14.4 Å². The van der Waals surface area contributed by atoms with Gasteiger partial charge in [0, 0.05) is 11.7 Å². The van der Waals surface area contributed by atoms with Gasteiger partial charge in [0.1, 0.15) is 12.2 Å². The Morgan fingerprint density at radius 2 is 1.63 bits per heavy atom. The van der Waals surface area contributed by atoms with Gasteiger partial charge in [-0.25, -0.2) is 5.43 Å². The van der Waals surface area contributed by atoms with E-state index in [0.717, 1.165) is 11.1 Å². The maximum atomic E-state index is 12.0. The van der Waals surface area contributed by atoms with Crippen LogP contribution in [0.3, 0.4) is 0 Å². The van der Waals surface area contributed by atoms with Crippen molar-refractivity contribution in [3.05, 3.63) is 59.7 Å². The van der Waals surface area contributed by atoms with Crippen LogP contribution in [-0.2, 0) is 14.4 Å². The summed E-state index contributed by atoms with van der Waals surface area (Å²) >= 11 is 0. The van der Waals surface area contributed by atoms with E-state index in [0.29, 0.717) is 11.4 Å². The number of amides is 3. The molecule has 158 valence electrons. The predicted octanol–water partition coefficient (Wildman–Crippen LogP) is 2.38. The lowest BCUT2D eigenvalue weighted by molar-refractivity contribution is -0.129. The third kappa shape index (κ3) is 8.55. The Morgan fingerprint density at radius 3 is 2.27 bits per heavy atom. The van der Waals surface area contributed by atoms with Crippen LogP contribution in [0.1, 0.15) is 31.4 Å². The summed E-state index contributed by atoms with van der Waals surface area (Å²) in [6.07, 6.45) is 1.17. The third-order valence-electron chi connectivity index (χ3n) is 3.76. The van der Waals surface area contributed by atoms with Crippen molar-refractivity contribution in [2.45, 2.75) is 33.2 Å². The molecule has 8 nitrogen and oxygen atoms in total. The molecule has 0 heterocycles. The molecule has 8 heteroatoms. The van der Waals surface area contributed by atoms with Crippen molar-refractivity contribution in [3.8, 4) is 5.75 Å². The molecule has 3 amide bonds. The van der Waals surface area contributed by atoms with Crippen molar-refractivity contribution in [1.82, 2.24) is 10.7 Å². The van der Waals surface area contributed by atoms with Gasteiger partial charge < -0.3 is 15.4 Å². The van der Waals surface area contributed by atoms with Gasteiger partial charge in [-0.3, -0.25) is 14.4 Å². The van der Waals surface area contributed by atoms with Crippen molar-refractivity contribution in [1.29, 1.82) is 0 Å². The summed E-state index contributed by atoms with van der Waals surface area (Å²) in [6.45, 7) is 5.49. The Hall–Kier alpha value is -3.68. The Labute approximate surface area is 175 Å². The van der Waals surface area contributed by atoms with Crippen LogP contribution in [0.25, 0.3) is 0 Å². The largest absolute Gasteiger partial charge is 0.484 e. The van der Waals surface area contributed by atoms with Crippen LogP contribution in [0.5, 0.6) is 5.75 Å². The van der Waals surface area contributed by atoms with Gasteiger partial charge in [0.25, 0.3) is 5.91 Å². The second-order valence-electron chi connectivity index (χ2n) is 6.96. The van der Waals surface area contributed by atoms with E-state index in [1.807, 2.05) is 45.0 Å². The molecule has 0 radical (unpaired) electrons. The molecule has 2 aromatic carbocycles. The molecule has 0 saturated carbocycles. The number of anilines is 1. The number of benzene rings is 2. The highest BCUT2D eigenvalue weighted by Crippen LogP contribution is 2.12. The highest BCUT2D eigenvalue weighted by molar-refractivity contribution is 5.97. The summed E-state index contributed by atoms with van der Waals surface area (Å²) in [5, 5.41) is 9.21. The second-order valence-corrected chi connectivity index (χ2v) is 6.96. The van der Waals surface area contributed by atoms with Gasteiger partial charge in [-0.2, -0.15) is 5.10 Å². The number of carbonyl (C=O) groups excluding carboxylic acids is 3. The molecule has 0 bridgehead atoms. The molecule has 0 aliphatic carbocycles. The standard InChI is InChI=1S/C22H26N4O4/c1-15(2)24-20(27)12-21(28)26-23-13-17-6-10-19(11-7-17)30-14-22(29)25-18-8-4-16(3)5-9-18/h4-11,13,15H,12,14H2,1-3H3,(H,24,27)(H,25,29)(H,26,28)/b23-13+. The van der Waals surface area contributed by atoms with Crippen molar-refractivity contribution < 1.29 is 19.1 Å². The summed E-state index contributed by atoms with van der Waals surface area (Å²) in [4.78, 5) is 35.1. The number of nitrogens with one attached hydrogen (secondary N) is 3. The zero-order valence-corrected chi connectivity index (χ0v) is 17.3. The minimum atomic E-state index is -0.496. The monoisotopic (exact) mass is 410 g/mol. The number of nitrogens with zero attached hydrogens (tertiary/aromatic N) is 1. The minimum absolute atomic E-state index is 0.0248. The minimum Gasteiger partial charge on any atom is -0.484 e. The van der Waals surface area contributed by atoms with Crippen LogP contribution >= 0.6 is 0 Å². The molecular formula is C22H26N4O4. The maximum Gasteiger partial charge on any atom is 0.262 e. The quantitative estimate of drug-likeness (QED) is 0.335. The van der Waals surface area contributed by atoms with Gasteiger partial charge >= 0.3 is 0 Å². The zero-order chi connectivity index (χ0) is 21.9. The highest BCUT2D eigenvalue weighted by atomic mass is 16.5. The van der Waals surface area contributed by atoms with Crippen molar-refractivity contribution in [2.75, 3.05) is 11.9 Å². The fraction of sp³-hybridized carbons (Fsp3) is 0.273. The Balaban J connectivity index is 1.74. The van der Waals surface area contributed by atoms with Crippen LogP contribution in [-0.4, -0.2) is 36.6 Å². The first-order valence-electron chi connectivity index (χ1n) is 9.52. The average Bonchev–Trinajstić information content (AvgIpc) is 2.68. The summed E-state index contributed by atoms with van der Waals surface area (Å²) in [7, 11) is 0. The van der Waals surface area contributed by atoms with E-state index in [1.54, 1.807) is 24.3 Å². The van der Waals surface area contributed by atoms with Crippen molar-refractivity contribution in [2.24, 2.45) is 5.10 Å². The zero-order valence-electron chi connectivity index (χ0n) is 17.3. The second kappa shape index (κ2) is 11.4. The topological polar surface area (TPSA) is 109 Å². The fourth-order valence-corrected chi connectivity index (χ4v) is 2.37. The normalized spacial score (nSPS) is 10.7. The number of hydrogen-bond acceptors (Lipinski definition) is 5. The smallest absolute Gasteiger partial charge is 0.262 e. The lowest BCUT2D eigenvalue weighted by atomic mass is 10.2. The Kier molecular flexibility index (Phi) is 8.56. The van der Waals surface area contributed by atoms with Gasteiger partial charge in [-0.15, -0.1) is 0 Å². The molecule has 2 aromatic rings. The van der Waals surface area contributed by atoms with E-state index in [2.05, 4.69) is 21.2 Å². The number of ether oxygens (including phenoxy) is 1. The molecule has 0 fully saturated rings. The molecular weight excluding hydrogens is 384 g/mol. The fourth-order valence-electron chi connectivity index (χ4n) is 2.37. The van der Waals surface area contributed by atoms with Crippen LogP contribution in [0.15, 0.2) is 53.6 Å². The van der Waals surface area contributed by atoms with Crippen LogP contribution < -0.4 is 20.8 Å². The highest BCUT2D eigenvalue weighted by Gasteiger charge is 2.09. The summed E-state index contributed by atoms with van der Waals surface area (Å²) in [5.74, 6) is -0.580. The average molecular weight is 410 g/mol. The van der Waals surface area contributed by atoms with E-state index in [4.69, 9.17) is 4.74 Å². The van der Waals surface area contributed by atoms with Gasteiger partial charge in [0.15, 0.2) is 6.61 Å². The van der Waals surface area contributed by atoms with Crippen LogP contribution in [0, 0.1) is 6.92 Å². The number of hydrazone groups is 1. The first kappa shape index (κ1) is 22.6. The molecule has 30 heavy (non-hydrogen) atoms. The molecule has 0 spiro atoms. The van der Waals surface area contributed by atoms with Gasteiger partial charge in [0.2, 0.25) is 11.8 Å². The molecule has 2 rings (SSSR count). The third-order valence-corrected chi connectivity index (χ3v) is 3.76. The SMILES string of the molecule is Cc1ccc(NC(=O)COc2ccc(/C=N/NC(=O)CC(=O)NC(C)C)cc2)cc1. The van der Waals surface area contributed by atoms with E-state index in [1.165, 1.54) is 6.21 Å². The predicted molar refractivity (Wildman–Crippen MR) is 115 cm³/mol. The maximum absolute atomic E-state index is 12.0. The van der Waals surface area contributed by atoms with Gasteiger partial charge in [-0.05, 0) is 62.7 Å². The van der Waals surface area contributed by atoms with E-state index in [-0.39, 0.29) is 30.9 Å². The van der Waals surface area contributed by atoms with Crippen molar-refractivity contribution >= 4 is 29.6 Å². The summed E-state index contributed by atoms with van der Waals surface area (Å²) < 4.78 is 5.47. The van der Waals surface area contributed by atoms with Gasteiger partial charge in [0.05, 0.1) is 6.21 Å². The lowest BCUT2D eigenvalue weighted by Crippen LogP contribution is -2.34. The number of hydrogen-bond donors (Lipinski definition) is 3. The first-order valence-corrected chi connectivity index (χ1v) is 9.52. The molecule has 0 aliphatic heterocycles. The Morgan fingerprint density at radius 1 is 0.967 bits per heavy atom. The van der Waals surface area contributed by atoms with Crippen LogP contribution in [0.4, 0.5) is 5.69 Å². The number of rotatable bonds is 9. The summed E-state index contributed by atoms with van der Waals surface area (Å²) in [5.41, 5.74) is 4.85. The van der Waals surface area contributed by atoms with Gasteiger partial charge in [-0.1, -0.05) is 17.7 Å². The van der Waals surface area contributed by atoms with E-state index >= 15 is 0 Å². The molecule has 0 aromatic heterocycles. The number of carbonyl (C=O) groups is 3. The number of aryl methyl sites for hydroxylation is 1. The molecule has 3 N–H and O–H groups in total. The van der Waals surface area contributed by atoms with E-state index < -0.39 is 5.91 Å². The van der Waals surface area contributed by atoms with Crippen molar-refractivity contribution in [3.63, 3.8) is 0 Å². The lowest BCUT2D eigenvalue weighted by Gasteiger charge is -2.08. The summed E-state index contributed by atoms with van der Waals surface area (Å²) in [6, 6.07) is 14.3. The molecule has 0 saturated heterocycles.